The van der Waals surface area contributed by atoms with E-state index in [1.165, 1.54) is 29.6 Å². The molecule has 1 saturated heterocycles. The Balaban J connectivity index is 2.26. The van der Waals surface area contributed by atoms with Gasteiger partial charge in [0.2, 0.25) is 15.9 Å². The minimum atomic E-state index is -3.64. The van der Waals surface area contributed by atoms with Crippen molar-refractivity contribution in [3.8, 4) is 0 Å². The number of nitrogens with zero attached hydrogens (tertiary/aromatic N) is 1. The summed E-state index contributed by atoms with van der Waals surface area (Å²) in [4.78, 5) is 11.6. The van der Waals surface area contributed by atoms with E-state index in [1.54, 1.807) is 0 Å². The number of carbonyl (C=O) groups is 1. The summed E-state index contributed by atoms with van der Waals surface area (Å²) in [6, 6.07) is 4.21. The lowest BCUT2D eigenvalue weighted by Crippen LogP contribution is -2.40. The van der Waals surface area contributed by atoms with E-state index in [0.29, 0.717) is 26.3 Å². The number of amides is 1. The van der Waals surface area contributed by atoms with Crippen molar-refractivity contribution in [1.82, 2.24) is 4.31 Å². The molecule has 0 spiro atoms. The predicted octanol–water partition coefficient (Wildman–Crippen LogP) is 0.946. The number of anilines is 1. The normalized spacial score (nSPS) is 16.5. The summed E-state index contributed by atoms with van der Waals surface area (Å²) < 4.78 is 36.3. The van der Waals surface area contributed by atoms with E-state index in [4.69, 9.17) is 21.1 Å². The average Bonchev–Trinajstić information content (AvgIpc) is 2.50. The Hall–Kier alpha value is -1.19. The third-order valence-corrected chi connectivity index (χ3v) is 5.32. The van der Waals surface area contributed by atoms with Gasteiger partial charge in [-0.2, -0.15) is 4.31 Å². The SMILES string of the molecule is COCC(=O)Nc1cc(S(=O)(=O)N2CCOCC2)ccc1Cl. The van der Waals surface area contributed by atoms with E-state index >= 15 is 0 Å². The summed E-state index contributed by atoms with van der Waals surface area (Å²) in [5.74, 6) is -0.412. The van der Waals surface area contributed by atoms with Gasteiger partial charge in [0.05, 0.1) is 28.8 Å². The number of benzene rings is 1. The van der Waals surface area contributed by atoms with Crippen molar-refractivity contribution in [1.29, 1.82) is 0 Å². The molecule has 0 bridgehead atoms. The molecule has 1 heterocycles. The molecule has 7 nitrogen and oxygen atoms in total. The summed E-state index contributed by atoms with van der Waals surface area (Å²) in [6.45, 7) is 1.19. The first-order valence-electron chi connectivity index (χ1n) is 6.61. The number of hydrogen-bond acceptors (Lipinski definition) is 5. The molecule has 0 radical (unpaired) electrons. The molecule has 0 aromatic heterocycles. The van der Waals surface area contributed by atoms with Crippen LogP contribution < -0.4 is 5.32 Å². The van der Waals surface area contributed by atoms with E-state index in [9.17, 15) is 13.2 Å². The monoisotopic (exact) mass is 348 g/mol. The molecule has 1 aliphatic heterocycles. The van der Waals surface area contributed by atoms with Gasteiger partial charge in [-0.3, -0.25) is 4.79 Å². The molecule has 9 heteroatoms. The van der Waals surface area contributed by atoms with E-state index in [0.717, 1.165) is 0 Å². The molecule has 0 aliphatic carbocycles. The van der Waals surface area contributed by atoms with Crippen LogP contribution in [0.1, 0.15) is 0 Å². The minimum Gasteiger partial charge on any atom is -0.379 e. The van der Waals surface area contributed by atoms with Gasteiger partial charge in [-0.25, -0.2) is 8.42 Å². The zero-order valence-corrected chi connectivity index (χ0v) is 13.6. The Labute approximate surface area is 134 Å². The van der Waals surface area contributed by atoms with Gasteiger partial charge in [-0.1, -0.05) is 11.6 Å². The summed E-state index contributed by atoms with van der Waals surface area (Å²) in [7, 11) is -2.25. The third-order valence-electron chi connectivity index (χ3n) is 3.10. The number of morpholine rings is 1. The summed E-state index contributed by atoms with van der Waals surface area (Å²) in [5, 5.41) is 2.78. The Morgan fingerprint density at radius 2 is 2.09 bits per heavy atom. The van der Waals surface area contributed by atoms with Crippen LogP contribution in [0, 0.1) is 0 Å². The average molecular weight is 349 g/mol. The van der Waals surface area contributed by atoms with Crippen molar-refractivity contribution < 1.29 is 22.7 Å². The van der Waals surface area contributed by atoms with Crippen molar-refractivity contribution in [2.75, 3.05) is 45.3 Å². The van der Waals surface area contributed by atoms with Crippen molar-refractivity contribution in [3.05, 3.63) is 23.2 Å². The van der Waals surface area contributed by atoms with Gasteiger partial charge in [0.15, 0.2) is 0 Å². The van der Waals surface area contributed by atoms with Crippen molar-refractivity contribution in [2.45, 2.75) is 4.90 Å². The number of sulfonamides is 1. The topological polar surface area (TPSA) is 84.9 Å². The standard InChI is InChI=1S/C13H17ClN2O5S/c1-20-9-13(17)15-12-8-10(2-3-11(12)14)22(18,19)16-4-6-21-7-5-16/h2-3,8H,4-7,9H2,1H3,(H,15,17). The van der Waals surface area contributed by atoms with E-state index in [2.05, 4.69) is 5.32 Å². The molecular weight excluding hydrogens is 332 g/mol. The van der Waals surface area contributed by atoms with E-state index in [1.807, 2.05) is 0 Å². The van der Waals surface area contributed by atoms with Gasteiger partial charge in [-0.15, -0.1) is 0 Å². The lowest BCUT2D eigenvalue weighted by Gasteiger charge is -2.26. The lowest BCUT2D eigenvalue weighted by atomic mass is 10.3. The molecule has 22 heavy (non-hydrogen) atoms. The maximum atomic E-state index is 12.6. The molecule has 2 rings (SSSR count). The minimum absolute atomic E-state index is 0.0755. The summed E-state index contributed by atoms with van der Waals surface area (Å²) in [5.41, 5.74) is 0.234. The Morgan fingerprint density at radius 1 is 1.41 bits per heavy atom. The van der Waals surface area contributed by atoms with Gasteiger partial charge in [0, 0.05) is 20.2 Å². The highest BCUT2D eigenvalue weighted by molar-refractivity contribution is 7.89. The molecular formula is C13H17ClN2O5S. The van der Waals surface area contributed by atoms with Crippen LogP contribution in [0.3, 0.4) is 0 Å². The van der Waals surface area contributed by atoms with Gasteiger partial charge in [-0.05, 0) is 18.2 Å². The van der Waals surface area contributed by atoms with Crippen LogP contribution in [0.2, 0.25) is 5.02 Å². The quantitative estimate of drug-likeness (QED) is 0.856. The number of nitrogens with one attached hydrogen (secondary N) is 1. The summed E-state index contributed by atoms with van der Waals surface area (Å²) >= 11 is 5.99. The molecule has 1 aliphatic rings. The molecule has 1 aromatic carbocycles. The van der Waals surface area contributed by atoms with Crippen LogP contribution in [0.25, 0.3) is 0 Å². The molecule has 0 saturated carbocycles. The lowest BCUT2D eigenvalue weighted by molar-refractivity contribution is -0.119. The second-order valence-corrected chi connectivity index (χ2v) is 6.98. The van der Waals surface area contributed by atoms with Crippen molar-refractivity contribution in [2.24, 2.45) is 0 Å². The first-order chi connectivity index (χ1) is 10.4. The Kier molecular flexibility index (Phi) is 5.76. The largest absolute Gasteiger partial charge is 0.379 e. The first kappa shape index (κ1) is 17.2. The number of hydrogen-bond donors (Lipinski definition) is 1. The van der Waals surface area contributed by atoms with Crippen LogP contribution in [0.15, 0.2) is 23.1 Å². The van der Waals surface area contributed by atoms with Crippen LogP contribution in [0.5, 0.6) is 0 Å². The molecule has 1 fully saturated rings. The van der Waals surface area contributed by atoms with Crippen molar-refractivity contribution >= 4 is 33.2 Å². The van der Waals surface area contributed by atoms with Crippen LogP contribution >= 0.6 is 11.6 Å². The van der Waals surface area contributed by atoms with Crippen LogP contribution in [-0.2, 0) is 24.3 Å². The number of ether oxygens (including phenoxy) is 2. The van der Waals surface area contributed by atoms with Gasteiger partial charge in [0.25, 0.3) is 0 Å². The number of carbonyl (C=O) groups excluding carboxylic acids is 1. The highest BCUT2D eigenvalue weighted by Gasteiger charge is 2.27. The Bertz CT molecular complexity index is 644. The summed E-state index contributed by atoms with van der Waals surface area (Å²) in [6.07, 6.45) is 0. The predicted molar refractivity (Wildman–Crippen MR) is 81.5 cm³/mol. The maximum absolute atomic E-state index is 12.6. The second kappa shape index (κ2) is 7.38. The fourth-order valence-electron chi connectivity index (χ4n) is 2.01. The second-order valence-electron chi connectivity index (χ2n) is 4.64. The van der Waals surface area contributed by atoms with E-state index < -0.39 is 15.9 Å². The number of halogens is 1. The highest BCUT2D eigenvalue weighted by Crippen LogP contribution is 2.27. The number of methoxy groups -OCH3 is 1. The first-order valence-corrected chi connectivity index (χ1v) is 8.43. The highest BCUT2D eigenvalue weighted by atomic mass is 35.5. The zero-order valence-electron chi connectivity index (χ0n) is 12.0. The van der Waals surface area contributed by atoms with Crippen LogP contribution in [0.4, 0.5) is 5.69 Å². The van der Waals surface area contributed by atoms with Gasteiger partial charge >= 0.3 is 0 Å². The van der Waals surface area contributed by atoms with Gasteiger partial charge in [0.1, 0.15) is 6.61 Å². The molecule has 1 N–H and O–H groups in total. The molecule has 0 atom stereocenters. The van der Waals surface area contributed by atoms with Crippen molar-refractivity contribution in [3.63, 3.8) is 0 Å². The number of rotatable bonds is 5. The fourth-order valence-corrected chi connectivity index (χ4v) is 3.61. The smallest absolute Gasteiger partial charge is 0.250 e. The fraction of sp³-hybridized carbons (Fsp3) is 0.462. The Morgan fingerprint density at radius 3 is 2.73 bits per heavy atom. The van der Waals surface area contributed by atoms with E-state index in [-0.39, 0.29) is 22.2 Å². The zero-order chi connectivity index (χ0) is 16.2. The van der Waals surface area contributed by atoms with Gasteiger partial charge < -0.3 is 14.8 Å². The third kappa shape index (κ3) is 3.96. The molecule has 122 valence electrons. The van der Waals surface area contributed by atoms with Crippen LogP contribution in [-0.4, -0.2) is 58.7 Å². The maximum Gasteiger partial charge on any atom is 0.250 e. The molecule has 0 unspecified atom stereocenters. The molecule has 1 amide bonds. The molecule has 1 aromatic rings.